The van der Waals surface area contributed by atoms with Crippen LogP contribution in [0, 0.1) is 0 Å². The van der Waals surface area contributed by atoms with Crippen molar-refractivity contribution in [3.8, 4) is 0 Å². The van der Waals surface area contributed by atoms with E-state index in [-0.39, 0.29) is 17.2 Å². The molecule has 0 fully saturated rings. The second-order valence-electron chi connectivity index (χ2n) is 6.17. The topological polar surface area (TPSA) is 115 Å². The minimum atomic E-state index is -0.492. The number of carbonyl (C=O) groups excluding carboxylic acids is 2. The number of hydrogen-bond donors (Lipinski definition) is 2. The molecule has 148 valence electrons. The van der Waals surface area contributed by atoms with E-state index in [0.29, 0.717) is 11.4 Å². The first-order valence-electron chi connectivity index (χ1n) is 8.56. The lowest BCUT2D eigenvalue weighted by molar-refractivity contribution is -0.111. The van der Waals surface area contributed by atoms with Crippen LogP contribution >= 0.6 is 0 Å². The highest BCUT2D eigenvalue weighted by Gasteiger charge is 2.09. The first kappa shape index (κ1) is 19.6. The Kier molecular flexibility index (Phi) is 5.59. The SMILES string of the molecule is Cn1cc(/C=C/C(=O)Nc2ccc(NC(=O)c3ccco3)cc2)c(=O)n(C)c1=O. The zero-order valence-electron chi connectivity index (χ0n) is 15.7. The second kappa shape index (κ2) is 8.26. The van der Waals surface area contributed by atoms with E-state index in [9.17, 15) is 19.2 Å². The van der Waals surface area contributed by atoms with E-state index in [1.165, 1.54) is 43.3 Å². The zero-order valence-corrected chi connectivity index (χ0v) is 15.7. The lowest BCUT2D eigenvalue weighted by atomic mass is 10.2. The van der Waals surface area contributed by atoms with Crippen molar-refractivity contribution in [1.82, 2.24) is 9.13 Å². The molecule has 0 aliphatic carbocycles. The number of furan rings is 1. The summed E-state index contributed by atoms with van der Waals surface area (Å²) in [7, 11) is 2.89. The van der Waals surface area contributed by atoms with Gasteiger partial charge in [0.15, 0.2) is 5.76 Å². The van der Waals surface area contributed by atoms with Gasteiger partial charge in [0.25, 0.3) is 11.5 Å². The van der Waals surface area contributed by atoms with Crippen molar-refractivity contribution in [2.45, 2.75) is 0 Å². The van der Waals surface area contributed by atoms with Gasteiger partial charge in [-0.1, -0.05) is 0 Å². The molecule has 0 radical (unpaired) electrons. The highest BCUT2D eigenvalue weighted by Crippen LogP contribution is 2.15. The molecule has 29 heavy (non-hydrogen) atoms. The molecule has 0 bridgehead atoms. The summed E-state index contributed by atoms with van der Waals surface area (Å²) in [6.45, 7) is 0. The highest BCUT2D eigenvalue weighted by atomic mass is 16.3. The summed E-state index contributed by atoms with van der Waals surface area (Å²) in [5.41, 5.74) is 0.308. The van der Waals surface area contributed by atoms with Crippen LogP contribution in [0.1, 0.15) is 16.1 Å². The summed E-state index contributed by atoms with van der Waals surface area (Å²) in [4.78, 5) is 47.7. The molecule has 0 aliphatic rings. The van der Waals surface area contributed by atoms with Crippen LogP contribution in [0.15, 0.2) is 68.9 Å². The van der Waals surface area contributed by atoms with Crippen molar-refractivity contribution >= 4 is 29.3 Å². The number of hydrogen-bond acceptors (Lipinski definition) is 5. The third-order valence-corrected chi connectivity index (χ3v) is 4.04. The predicted molar refractivity (Wildman–Crippen MR) is 108 cm³/mol. The number of nitrogens with zero attached hydrogens (tertiary/aromatic N) is 2. The maximum Gasteiger partial charge on any atom is 0.330 e. The maximum absolute atomic E-state index is 12.1. The molecule has 3 aromatic rings. The van der Waals surface area contributed by atoms with Gasteiger partial charge in [-0.05, 0) is 42.5 Å². The molecule has 0 saturated heterocycles. The van der Waals surface area contributed by atoms with Gasteiger partial charge in [0.1, 0.15) is 0 Å². The predicted octanol–water partition coefficient (Wildman–Crippen LogP) is 1.58. The third-order valence-electron chi connectivity index (χ3n) is 4.04. The molecule has 0 atom stereocenters. The molecule has 2 amide bonds. The van der Waals surface area contributed by atoms with Crippen LogP contribution in [0.3, 0.4) is 0 Å². The molecule has 0 saturated carbocycles. The third kappa shape index (κ3) is 4.59. The van der Waals surface area contributed by atoms with Gasteiger partial charge in [-0.3, -0.25) is 19.0 Å². The summed E-state index contributed by atoms with van der Waals surface area (Å²) in [6, 6.07) is 9.66. The average Bonchev–Trinajstić information content (AvgIpc) is 3.24. The fraction of sp³-hybridized carbons (Fsp3) is 0.100. The zero-order chi connectivity index (χ0) is 21.0. The largest absolute Gasteiger partial charge is 0.459 e. The maximum atomic E-state index is 12.1. The van der Waals surface area contributed by atoms with E-state index in [1.807, 2.05) is 0 Å². The van der Waals surface area contributed by atoms with Crippen molar-refractivity contribution in [2.75, 3.05) is 10.6 Å². The Morgan fingerprint density at radius 1 is 1.00 bits per heavy atom. The van der Waals surface area contributed by atoms with Crippen LogP contribution < -0.4 is 21.9 Å². The molecule has 1 aromatic carbocycles. The first-order chi connectivity index (χ1) is 13.8. The van der Waals surface area contributed by atoms with Crippen molar-refractivity contribution in [2.24, 2.45) is 14.1 Å². The number of amides is 2. The summed E-state index contributed by atoms with van der Waals surface area (Å²) in [5, 5.41) is 5.31. The molecule has 0 aliphatic heterocycles. The Labute approximate surface area is 164 Å². The molecular formula is C20H18N4O5. The van der Waals surface area contributed by atoms with Crippen LogP contribution in [-0.2, 0) is 18.9 Å². The van der Waals surface area contributed by atoms with E-state index in [4.69, 9.17) is 4.42 Å². The minimum Gasteiger partial charge on any atom is -0.459 e. The fourth-order valence-electron chi connectivity index (χ4n) is 2.54. The van der Waals surface area contributed by atoms with E-state index in [1.54, 1.807) is 36.4 Å². The van der Waals surface area contributed by atoms with Gasteiger partial charge in [-0.25, -0.2) is 4.79 Å². The van der Waals surface area contributed by atoms with Crippen molar-refractivity contribution in [3.05, 3.63) is 87.1 Å². The van der Waals surface area contributed by atoms with Crippen molar-refractivity contribution in [1.29, 1.82) is 0 Å². The lowest BCUT2D eigenvalue weighted by Gasteiger charge is -2.06. The number of rotatable bonds is 5. The van der Waals surface area contributed by atoms with Crippen molar-refractivity contribution < 1.29 is 14.0 Å². The first-order valence-corrected chi connectivity index (χ1v) is 8.56. The van der Waals surface area contributed by atoms with Gasteiger partial charge >= 0.3 is 5.69 Å². The second-order valence-corrected chi connectivity index (χ2v) is 6.17. The van der Waals surface area contributed by atoms with Gasteiger partial charge in [0, 0.05) is 37.7 Å². The standard InChI is InChI=1S/C20H18N4O5/c1-23-12-13(19(27)24(2)20(23)28)5-10-17(25)21-14-6-8-15(9-7-14)22-18(26)16-4-3-11-29-16/h3-12H,1-2H3,(H,21,25)(H,22,26)/b10-5+. The van der Waals surface area contributed by atoms with Crippen molar-refractivity contribution in [3.63, 3.8) is 0 Å². The highest BCUT2D eigenvalue weighted by molar-refractivity contribution is 6.03. The van der Waals surface area contributed by atoms with Gasteiger partial charge in [-0.15, -0.1) is 0 Å². The lowest BCUT2D eigenvalue weighted by Crippen LogP contribution is -2.37. The summed E-state index contributed by atoms with van der Waals surface area (Å²) in [6.07, 6.45) is 5.32. The van der Waals surface area contributed by atoms with E-state index in [2.05, 4.69) is 10.6 Å². The molecule has 2 heterocycles. The molecule has 9 nitrogen and oxygen atoms in total. The van der Waals surface area contributed by atoms with Crippen LogP contribution in [-0.4, -0.2) is 20.9 Å². The quantitative estimate of drug-likeness (QED) is 0.638. The molecule has 9 heteroatoms. The number of benzene rings is 1. The molecule has 0 spiro atoms. The molecule has 2 aromatic heterocycles. The van der Waals surface area contributed by atoms with Gasteiger partial charge in [-0.2, -0.15) is 0 Å². The smallest absolute Gasteiger partial charge is 0.330 e. The van der Waals surface area contributed by atoms with Gasteiger partial charge in [0.2, 0.25) is 5.91 Å². The van der Waals surface area contributed by atoms with E-state index in [0.717, 1.165) is 4.57 Å². The Balaban J connectivity index is 1.64. The van der Waals surface area contributed by atoms with Crippen LogP contribution in [0.25, 0.3) is 6.08 Å². The monoisotopic (exact) mass is 394 g/mol. The number of nitrogens with one attached hydrogen (secondary N) is 2. The molecule has 0 unspecified atom stereocenters. The summed E-state index contributed by atoms with van der Waals surface area (Å²) >= 11 is 0. The number of aromatic nitrogens is 2. The van der Waals surface area contributed by atoms with Gasteiger partial charge in [0.05, 0.1) is 11.8 Å². The number of anilines is 2. The number of carbonyl (C=O) groups is 2. The van der Waals surface area contributed by atoms with E-state index < -0.39 is 17.2 Å². The normalized spacial score (nSPS) is 10.8. The molecule has 2 N–H and O–H groups in total. The summed E-state index contributed by atoms with van der Waals surface area (Å²) in [5.74, 6) is -0.640. The van der Waals surface area contributed by atoms with Crippen LogP contribution in [0.4, 0.5) is 11.4 Å². The number of aryl methyl sites for hydroxylation is 1. The Morgan fingerprint density at radius 2 is 1.66 bits per heavy atom. The van der Waals surface area contributed by atoms with Crippen LogP contribution in [0.2, 0.25) is 0 Å². The Hall–Kier alpha value is -4.14. The van der Waals surface area contributed by atoms with Crippen LogP contribution in [0.5, 0.6) is 0 Å². The van der Waals surface area contributed by atoms with Gasteiger partial charge < -0.3 is 19.6 Å². The Bertz CT molecular complexity index is 1190. The van der Waals surface area contributed by atoms with E-state index >= 15 is 0 Å². The average molecular weight is 394 g/mol. The fourth-order valence-corrected chi connectivity index (χ4v) is 2.54. The Morgan fingerprint density at radius 3 is 2.28 bits per heavy atom. The summed E-state index contributed by atoms with van der Waals surface area (Å²) < 4.78 is 7.24. The minimum absolute atomic E-state index is 0.192. The molecular weight excluding hydrogens is 376 g/mol. The molecule has 3 rings (SSSR count).